The van der Waals surface area contributed by atoms with Gasteiger partial charge in [0, 0.05) is 0 Å². The van der Waals surface area contributed by atoms with Crippen molar-refractivity contribution in [2.24, 2.45) is 0 Å². The van der Waals surface area contributed by atoms with Gasteiger partial charge in [-0.1, -0.05) is 13.8 Å². The molecule has 2 N–H and O–H groups in total. The third-order valence-electron chi connectivity index (χ3n) is 2.41. The molecule has 0 saturated heterocycles. The van der Waals surface area contributed by atoms with E-state index in [4.69, 9.17) is 4.74 Å². The Bertz CT molecular complexity index is 141. The van der Waals surface area contributed by atoms with Gasteiger partial charge in [0.05, 0.1) is 24.9 Å². The lowest BCUT2D eigenvalue weighted by atomic mass is 10.1. The molecule has 0 spiro atoms. The van der Waals surface area contributed by atoms with Crippen molar-refractivity contribution in [2.45, 2.75) is 52.2 Å². The van der Waals surface area contributed by atoms with Crippen LogP contribution in [0.15, 0.2) is 0 Å². The molecule has 2 atom stereocenters. The third-order valence-corrected chi connectivity index (χ3v) is 2.41. The number of aliphatic hydroxyl groups excluding tert-OH is 1. The second-order valence-corrected chi connectivity index (χ2v) is 4.18. The Labute approximate surface area is 87.8 Å². The summed E-state index contributed by atoms with van der Waals surface area (Å²) in [4.78, 5) is 0. The Morgan fingerprint density at radius 2 is 2.07 bits per heavy atom. The van der Waals surface area contributed by atoms with Gasteiger partial charge in [-0.3, -0.25) is 0 Å². The second-order valence-electron chi connectivity index (χ2n) is 4.18. The van der Waals surface area contributed by atoms with Gasteiger partial charge in [-0.25, -0.2) is 0 Å². The van der Waals surface area contributed by atoms with Gasteiger partial charge < -0.3 is 15.2 Å². The largest absolute Gasteiger partial charge is 0.394 e. The van der Waals surface area contributed by atoms with Crippen molar-refractivity contribution >= 4 is 0 Å². The molecule has 0 heterocycles. The molecule has 0 radical (unpaired) electrons. The molecule has 0 rings (SSSR count). The molecule has 86 valence electrons. The maximum Gasteiger partial charge on any atom is 0.0671 e. The van der Waals surface area contributed by atoms with Gasteiger partial charge >= 0.3 is 0 Å². The molecule has 3 nitrogen and oxygen atoms in total. The molecular formula is C11H25NO2. The Morgan fingerprint density at radius 1 is 1.43 bits per heavy atom. The van der Waals surface area contributed by atoms with Gasteiger partial charge in [-0.2, -0.15) is 0 Å². The average Bonchev–Trinajstić information content (AvgIpc) is 2.23. The summed E-state index contributed by atoms with van der Waals surface area (Å²) in [6.07, 6.45) is 2.35. The Morgan fingerprint density at radius 3 is 2.50 bits per heavy atom. The van der Waals surface area contributed by atoms with Crippen LogP contribution in [0.1, 0.15) is 40.5 Å². The molecule has 0 aromatic rings. The lowest BCUT2D eigenvalue weighted by Crippen LogP contribution is -2.50. The average molecular weight is 203 g/mol. The summed E-state index contributed by atoms with van der Waals surface area (Å²) < 4.78 is 5.62. The normalized spacial score (nSPS) is 17.8. The number of aliphatic hydroxyl groups is 1. The summed E-state index contributed by atoms with van der Waals surface area (Å²) in [6.45, 7) is 9.85. The van der Waals surface area contributed by atoms with Crippen molar-refractivity contribution in [1.29, 1.82) is 0 Å². The van der Waals surface area contributed by atoms with E-state index in [2.05, 4.69) is 26.1 Å². The summed E-state index contributed by atoms with van der Waals surface area (Å²) in [5.41, 5.74) is -0.292. The van der Waals surface area contributed by atoms with Crippen LogP contribution in [0.3, 0.4) is 0 Å². The van der Waals surface area contributed by atoms with Crippen LogP contribution in [-0.2, 0) is 4.74 Å². The zero-order valence-corrected chi connectivity index (χ0v) is 9.97. The first kappa shape index (κ1) is 13.9. The molecule has 0 aliphatic rings. The maximum absolute atomic E-state index is 9.26. The van der Waals surface area contributed by atoms with Gasteiger partial charge in [0.2, 0.25) is 0 Å². The molecule has 0 bridgehead atoms. The zero-order chi connectivity index (χ0) is 11.0. The first-order chi connectivity index (χ1) is 6.58. The number of hydrogen-bond acceptors (Lipinski definition) is 3. The number of hydrogen-bond donors (Lipinski definition) is 2. The van der Waals surface area contributed by atoms with Crippen LogP contribution in [0.2, 0.25) is 0 Å². The van der Waals surface area contributed by atoms with Crippen LogP contribution < -0.4 is 5.32 Å². The van der Waals surface area contributed by atoms with E-state index in [9.17, 15) is 5.11 Å². The Kier molecular flexibility index (Phi) is 7.15. The van der Waals surface area contributed by atoms with Gasteiger partial charge in [-0.05, 0) is 33.2 Å². The molecule has 2 unspecified atom stereocenters. The van der Waals surface area contributed by atoms with E-state index in [1.54, 1.807) is 0 Å². The van der Waals surface area contributed by atoms with Crippen LogP contribution >= 0.6 is 0 Å². The minimum absolute atomic E-state index is 0.115. The molecule has 0 saturated carbocycles. The van der Waals surface area contributed by atoms with E-state index in [1.807, 2.05) is 6.92 Å². The van der Waals surface area contributed by atoms with E-state index in [-0.39, 0.29) is 18.2 Å². The predicted molar refractivity (Wildman–Crippen MR) is 59.5 cm³/mol. The Hall–Kier alpha value is -0.120. The molecule has 0 aliphatic carbocycles. The highest BCUT2D eigenvalue weighted by Gasteiger charge is 2.23. The summed E-state index contributed by atoms with van der Waals surface area (Å²) in [6, 6.07) is 0. The van der Waals surface area contributed by atoms with E-state index >= 15 is 0 Å². The fraction of sp³-hybridized carbons (Fsp3) is 1.00. The molecule has 0 aromatic carbocycles. The molecular weight excluding hydrogens is 178 g/mol. The monoisotopic (exact) mass is 203 g/mol. The number of nitrogens with one attached hydrogen (secondary N) is 1. The fourth-order valence-corrected chi connectivity index (χ4v) is 1.02. The minimum Gasteiger partial charge on any atom is -0.394 e. The van der Waals surface area contributed by atoms with Crippen molar-refractivity contribution in [1.82, 2.24) is 5.32 Å². The van der Waals surface area contributed by atoms with Gasteiger partial charge in [0.15, 0.2) is 0 Å². The smallest absolute Gasteiger partial charge is 0.0671 e. The van der Waals surface area contributed by atoms with Crippen molar-refractivity contribution in [2.75, 3.05) is 19.8 Å². The number of rotatable bonds is 8. The minimum atomic E-state index is -0.292. The predicted octanol–water partition coefficient (Wildman–Crippen LogP) is 1.55. The van der Waals surface area contributed by atoms with Crippen LogP contribution in [0.25, 0.3) is 0 Å². The molecule has 14 heavy (non-hydrogen) atoms. The van der Waals surface area contributed by atoms with Crippen LogP contribution in [0.4, 0.5) is 0 Å². The summed E-state index contributed by atoms with van der Waals surface area (Å²) in [7, 11) is 0. The van der Waals surface area contributed by atoms with Crippen LogP contribution in [-0.4, -0.2) is 36.5 Å². The highest BCUT2D eigenvalue weighted by molar-refractivity contribution is 4.82. The summed E-state index contributed by atoms with van der Waals surface area (Å²) in [5.74, 6) is 0. The van der Waals surface area contributed by atoms with Crippen molar-refractivity contribution in [3.05, 3.63) is 0 Å². The molecule has 0 fully saturated rings. The fourth-order valence-electron chi connectivity index (χ4n) is 1.02. The molecule has 3 heteroatoms. The van der Waals surface area contributed by atoms with Gasteiger partial charge in [0.25, 0.3) is 0 Å². The highest BCUT2D eigenvalue weighted by atomic mass is 16.5. The standard InChI is InChI=1S/C11H25NO2/c1-5-7-12-11(4,8-13)9-14-10(3)6-2/h10,12-13H,5-9H2,1-4H3. The summed E-state index contributed by atoms with van der Waals surface area (Å²) in [5, 5.41) is 12.6. The first-order valence-electron chi connectivity index (χ1n) is 5.55. The van der Waals surface area contributed by atoms with Crippen molar-refractivity contribution in [3.8, 4) is 0 Å². The molecule has 0 amide bonds. The van der Waals surface area contributed by atoms with Crippen molar-refractivity contribution < 1.29 is 9.84 Å². The number of ether oxygens (including phenoxy) is 1. The van der Waals surface area contributed by atoms with Gasteiger partial charge in [-0.15, -0.1) is 0 Å². The third kappa shape index (κ3) is 5.58. The lowest BCUT2D eigenvalue weighted by molar-refractivity contribution is 0.00315. The lowest BCUT2D eigenvalue weighted by Gasteiger charge is -2.29. The first-order valence-corrected chi connectivity index (χ1v) is 5.55. The Balaban J connectivity index is 3.85. The van der Waals surface area contributed by atoms with Crippen LogP contribution in [0.5, 0.6) is 0 Å². The van der Waals surface area contributed by atoms with E-state index < -0.39 is 0 Å². The zero-order valence-electron chi connectivity index (χ0n) is 9.97. The van der Waals surface area contributed by atoms with Gasteiger partial charge in [0.1, 0.15) is 0 Å². The van der Waals surface area contributed by atoms with Crippen molar-refractivity contribution in [3.63, 3.8) is 0 Å². The maximum atomic E-state index is 9.26. The van der Waals surface area contributed by atoms with E-state index in [0.717, 1.165) is 19.4 Å². The molecule has 0 aliphatic heterocycles. The highest BCUT2D eigenvalue weighted by Crippen LogP contribution is 2.06. The SMILES string of the molecule is CCCNC(C)(CO)COC(C)CC. The second kappa shape index (κ2) is 7.21. The quantitative estimate of drug-likeness (QED) is 0.629. The van der Waals surface area contributed by atoms with E-state index in [0.29, 0.717) is 6.61 Å². The molecule has 0 aromatic heterocycles. The topological polar surface area (TPSA) is 41.5 Å². The van der Waals surface area contributed by atoms with Crippen LogP contribution in [0, 0.1) is 0 Å². The van der Waals surface area contributed by atoms with E-state index in [1.165, 1.54) is 0 Å². The summed E-state index contributed by atoms with van der Waals surface area (Å²) >= 11 is 0.